The van der Waals surface area contributed by atoms with Crippen molar-refractivity contribution in [3.63, 3.8) is 0 Å². The molecule has 0 bridgehead atoms. The predicted octanol–water partition coefficient (Wildman–Crippen LogP) is 4.61. The average molecular weight is 511 g/mol. The number of benzene rings is 2. The number of hydrazone groups is 2. The van der Waals surface area contributed by atoms with Crippen molar-refractivity contribution in [2.75, 3.05) is 0 Å². The van der Waals surface area contributed by atoms with Gasteiger partial charge in [-0.05, 0) is 62.1 Å². The molecule has 0 aliphatic carbocycles. The highest BCUT2D eigenvalue weighted by Gasteiger charge is 2.08. The molecule has 196 valence electrons. The van der Waals surface area contributed by atoms with Crippen LogP contribution in [0.4, 0.5) is 11.4 Å². The summed E-state index contributed by atoms with van der Waals surface area (Å²) in [7, 11) is 0. The third-order valence-electron chi connectivity index (χ3n) is 5.50. The molecule has 0 fully saturated rings. The minimum Gasteiger partial charge on any atom is -0.273 e. The number of nitrogens with one attached hydrogen (secondary N) is 2. The molecule has 2 N–H and O–H groups in total. The fraction of sp³-hybridized carbons (Fsp3) is 0.360. The lowest BCUT2D eigenvalue weighted by Crippen LogP contribution is -2.19. The molecule has 0 saturated heterocycles. The summed E-state index contributed by atoms with van der Waals surface area (Å²) in [5, 5.41) is 29.5. The molecule has 2 aromatic rings. The van der Waals surface area contributed by atoms with Crippen LogP contribution in [0.3, 0.4) is 0 Å². The highest BCUT2D eigenvalue weighted by atomic mass is 16.6. The van der Waals surface area contributed by atoms with Gasteiger partial charge in [0.15, 0.2) is 0 Å². The Morgan fingerprint density at radius 3 is 1.30 bits per heavy atom. The highest BCUT2D eigenvalue weighted by molar-refractivity contribution is 6.00. The quantitative estimate of drug-likeness (QED) is 0.163. The fourth-order valence-corrected chi connectivity index (χ4v) is 3.28. The summed E-state index contributed by atoms with van der Waals surface area (Å²) in [6, 6.07) is 11.9. The lowest BCUT2D eigenvalue weighted by molar-refractivity contribution is -0.385. The lowest BCUT2D eigenvalue weighted by Gasteiger charge is -2.04. The summed E-state index contributed by atoms with van der Waals surface area (Å²) >= 11 is 0. The van der Waals surface area contributed by atoms with E-state index in [1.807, 2.05) is 0 Å². The number of hydrogen-bond acceptors (Lipinski definition) is 8. The lowest BCUT2D eigenvalue weighted by atomic mass is 10.1. The average Bonchev–Trinajstić information content (AvgIpc) is 2.89. The number of non-ortho nitro benzene ring substituents is 2. The molecule has 0 radical (unpaired) electrons. The van der Waals surface area contributed by atoms with Crippen molar-refractivity contribution in [2.24, 2.45) is 10.2 Å². The number of rotatable bonds is 14. The van der Waals surface area contributed by atoms with Crippen molar-refractivity contribution < 1.29 is 19.4 Å². The second-order valence-corrected chi connectivity index (χ2v) is 8.34. The molecule has 0 spiro atoms. The van der Waals surface area contributed by atoms with E-state index in [1.54, 1.807) is 38.1 Å². The van der Waals surface area contributed by atoms with Gasteiger partial charge in [0.25, 0.3) is 11.4 Å². The largest absolute Gasteiger partial charge is 0.273 e. The SMILES string of the molecule is C/C(=N/NC(=O)CCCCCCCC(=O)N/N=C(\C)c1ccc([N+](=O)[O-])cc1)c1ccc([N+](=O)[O-])cc1. The predicted molar refractivity (Wildman–Crippen MR) is 139 cm³/mol. The van der Waals surface area contributed by atoms with Crippen molar-refractivity contribution in [1.29, 1.82) is 0 Å². The van der Waals surface area contributed by atoms with E-state index in [9.17, 15) is 29.8 Å². The second-order valence-electron chi connectivity index (χ2n) is 8.34. The van der Waals surface area contributed by atoms with Gasteiger partial charge in [0.05, 0.1) is 21.3 Å². The zero-order chi connectivity index (χ0) is 27.2. The van der Waals surface area contributed by atoms with Gasteiger partial charge in [-0.15, -0.1) is 0 Å². The van der Waals surface area contributed by atoms with E-state index in [4.69, 9.17) is 0 Å². The first kappa shape index (κ1) is 28.8. The van der Waals surface area contributed by atoms with Crippen LogP contribution in [0.15, 0.2) is 58.7 Å². The van der Waals surface area contributed by atoms with Crippen molar-refractivity contribution in [3.05, 3.63) is 79.9 Å². The van der Waals surface area contributed by atoms with Gasteiger partial charge in [0.2, 0.25) is 11.8 Å². The fourth-order valence-electron chi connectivity index (χ4n) is 3.28. The minimum absolute atomic E-state index is 0.00972. The van der Waals surface area contributed by atoms with Gasteiger partial charge < -0.3 is 0 Å². The first-order valence-corrected chi connectivity index (χ1v) is 11.8. The number of unbranched alkanes of at least 4 members (excludes halogenated alkanes) is 4. The maximum absolute atomic E-state index is 12.0. The number of nitro groups is 2. The molecule has 12 nitrogen and oxygen atoms in total. The Hall–Kier alpha value is -4.48. The first-order valence-electron chi connectivity index (χ1n) is 11.8. The van der Waals surface area contributed by atoms with Gasteiger partial charge in [-0.25, -0.2) is 10.9 Å². The van der Waals surface area contributed by atoms with E-state index < -0.39 is 9.85 Å². The number of carbonyl (C=O) groups is 2. The Kier molecular flexibility index (Phi) is 11.5. The maximum Gasteiger partial charge on any atom is 0.269 e. The molecule has 0 saturated carbocycles. The number of carbonyl (C=O) groups excluding carboxylic acids is 2. The highest BCUT2D eigenvalue weighted by Crippen LogP contribution is 2.14. The number of nitro benzene ring substituents is 2. The van der Waals surface area contributed by atoms with Crippen LogP contribution in [0.1, 0.15) is 69.9 Å². The zero-order valence-corrected chi connectivity index (χ0v) is 20.8. The van der Waals surface area contributed by atoms with Crippen LogP contribution < -0.4 is 10.9 Å². The van der Waals surface area contributed by atoms with Crippen LogP contribution in [0.5, 0.6) is 0 Å². The van der Waals surface area contributed by atoms with Crippen LogP contribution in [0.2, 0.25) is 0 Å². The summed E-state index contributed by atoms with van der Waals surface area (Å²) in [4.78, 5) is 44.4. The van der Waals surface area contributed by atoms with Gasteiger partial charge in [-0.3, -0.25) is 29.8 Å². The van der Waals surface area contributed by atoms with E-state index in [0.29, 0.717) is 48.2 Å². The van der Waals surface area contributed by atoms with Gasteiger partial charge in [-0.2, -0.15) is 10.2 Å². The van der Waals surface area contributed by atoms with Gasteiger partial charge >= 0.3 is 0 Å². The van der Waals surface area contributed by atoms with E-state index in [1.165, 1.54) is 24.3 Å². The van der Waals surface area contributed by atoms with Crippen molar-refractivity contribution in [2.45, 2.75) is 58.8 Å². The Labute approximate surface area is 214 Å². The van der Waals surface area contributed by atoms with Crippen molar-refractivity contribution in [3.8, 4) is 0 Å². The number of amides is 2. The van der Waals surface area contributed by atoms with E-state index in [0.717, 1.165) is 19.3 Å². The minimum atomic E-state index is -0.477. The molecule has 2 aromatic carbocycles. The Morgan fingerprint density at radius 2 is 0.973 bits per heavy atom. The summed E-state index contributed by atoms with van der Waals surface area (Å²) in [5.74, 6) is -0.413. The van der Waals surface area contributed by atoms with Gasteiger partial charge in [-0.1, -0.05) is 19.3 Å². The van der Waals surface area contributed by atoms with E-state index in [-0.39, 0.29) is 23.2 Å². The van der Waals surface area contributed by atoms with Crippen LogP contribution in [-0.4, -0.2) is 33.1 Å². The molecule has 0 aliphatic heterocycles. The molecule has 0 unspecified atom stereocenters. The normalized spacial score (nSPS) is 11.6. The van der Waals surface area contributed by atoms with Crippen LogP contribution in [0.25, 0.3) is 0 Å². The molecule has 0 aliphatic rings. The van der Waals surface area contributed by atoms with Crippen molar-refractivity contribution >= 4 is 34.6 Å². The molecular formula is C25H30N6O6. The molecule has 0 heterocycles. The summed E-state index contributed by atoms with van der Waals surface area (Å²) in [6.45, 7) is 3.42. The maximum atomic E-state index is 12.0. The Bertz CT molecular complexity index is 1070. The third-order valence-corrected chi connectivity index (χ3v) is 5.50. The smallest absolute Gasteiger partial charge is 0.269 e. The number of nitrogens with zero attached hydrogens (tertiary/aromatic N) is 4. The van der Waals surface area contributed by atoms with E-state index >= 15 is 0 Å². The topological polar surface area (TPSA) is 169 Å². The Balaban J connectivity index is 1.57. The second kappa shape index (κ2) is 14.8. The zero-order valence-electron chi connectivity index (χ0n) is 20.8. The molecule has 12 heteroatoms. The molecule has 37 heavy (non-hydrogen) atoms. The molecule has 2 rings (SSSR count). The molecule has 2 amide bonds. The third kappa shape index (κ3) is 10.3. The first-order chi connectivity index (χ1) is 17.7. The number of hydrogen-bond donors (Lipinski definition) is 2. The van der Waals surface area contributed by atoms with Crippen LogP contribution in [0, 0.1) is 20.2 Å². The summed E-state index contributed by atoms with van der Waals surface area (Å²) < 4.78 is 0. The van der Waals surface area contributed by atoms with Gasteiger partial charge in [0.1, 0.15) is 0 Å². The molecular weight excluding hydrogens is 480 g/mol. The summed E-state index contributed by atoms with van der Waals surface area (Å²) in [5.41, 5.74) is 7.44. The monoisotopic (exact) mass is 510 g/mol. The molecule has 0 atom stereocenters. The summed E-state index contributed by atoms with van der Waals surface area (Å²) in [6.07, 6.45) is 4.62. The van der Waals surface area contributed by atoms with Crippen LogP contribution >= 0.6 is 0 Å². The Morgan fingerprint density at radius 1 is 0.649 bits per heavy atom. The van der Waals surface area contributed by atoms with Crippen molar-refractivity contribution in [1.82, 2.24) is 10.9 Å². The standard InChI is InChI=1S/C25H30N6O6/c1-18(20-10-14-22(15-11-20)30(34)35)26-28-24(32)8-6-4-3-5-7-9-25(33)29-27-19(2)21-12-16-23(17-13-21)31(36)37/h10-17H,3-9H2,1-2H3,(H,28,32)(H,29,33)/b26-18-,27-19+. The van der Waals surface area contributed by atoms with Gasteiger partial charge in [0, 0.05) is 37.1 Å². The molecule has 0 aromatic heterocycles. The van der Waals surface area contributed by atoms with E-state index in [2.05, 4.69) is 21.1 Å². The van der Waals surface area contributed by atoms with Crippen LogP contribution in [-0.2, 0) is 9.59 Å².